The van der Waals surface area contributed by atoms with Gasteiger partial charge in [0.05, 0.1) is 0 Å². The van der Waals surface area contributed by atoms with Crippen LogP contribution in [0.4, 0.5) is 0 Å². The molecule has 72 heavy (non-hydrogen) atoms. The fourth-order valence-electron chi connectivity index (χ4n) is 7.08. The van der Waals surface area contributed by atoms with E-state index in [2.05, 4.69) is 154 Å². The molecule has 0 aromatic heterocycles. The van der Waals surface area contributed by atoms with E-state index in [4.69, 9.17) is 14.2 Å². The van der Waals surface area contributed by atoms with E-state index in [1.807, 2.05) is 24.3 Å². The van der Waals surface area contributed by atoms with Crippen molar-refractivity contribution in [2.24, 2.45) is 0 Å². The number of esters is 3. The van der Waals surface area contributed by atoms with Crippen LogP contribution >= 0.6 is 0 Å². The predicted octanol–water partition coefficient (Wildman–Crippen LogP) is 19.4. The minimum Gasteiger partial charge on any atom is -0.462 e. The van der Waals surface area contributed by atoms with Crippen molar-refractivity contribution >= 4 is 17.9 Å². The van der Waals surface area contributed by atoms with E-state index >= 15 is 0 Å². The highest BCUT2D eigenvalue weighted by atomic mass is 16.6. The molecule has 0 aliphatic rings. The lowest BCUT2D eigenvalue weighted by molar-refractivity contribution is -0.166. The second kappa shape index (κ2) is 58.6. The number of hydrogen-bond acceptors (Lipinski definition) is 6. The van der Waals surface area contributed by atoms with Gasteiger partial charge in [-0.25, -0.2) is 0 Å². The van der Waals surface area contributed by atoms with Gasteiger partial charge in [-0.3, -0.25) is 14.4 Å². The Morgan fingerprint density at radius 2 is 0.569 bits per heavy atom. The molecule has 402 valence electrons. The highest BCUT2D eigenvalue weighted by Gasteiger charge is 2.19. The first-order valence-corrected chi connectivity index (χ1v) is 28.5. The molecule has 0 amide bonds. The molecule has 0 aliphatic carbocycles. The Bertz CT molecular complexity index is 1660. The Kier molecular flexibility index (Phi) is 54.6. The smallest absolute Gasteiger partial charge is 0.306 e. The Labute approximate surface area is 441 Å². The zero-order valence-electron chi connectivity index (χ0n) is 45.9. The van der Waals surface area contributed by atoms with Gasteiger partial charge in [-0.2, -0.15) is 0 Å². The predicted molar refractivity (Wildman–Crippen MR) is 311 cm³/mol. The van der Waals surface area contributed by atoms with Crippen molar-refractivity contribution in [2.75, 3.05) is 13.2 Å². The van der Waals surface area contributed by atoms with Crippen LogP contribution in [0.2, 0.25) is 0 Å². The Morgan fingerprint density at radius 3 is 0.931 bits per heavy atom. The molecule has 0 aromatic carbocycles. The van der Waals surface area contributed by atoms with Gasteiger partial charge in [-0.1, -0.05) is 237 Å². The summed E-state index contributed by atoms with van der Waals surface area (Å²) >= 11 is 0. The molecule has 0 aromatic rings. The summed E-state index contributed by atoms with van der Waals surface area (Å²) in [6.07, 6.45) is 85.4. The van der Waals surface area contributed by atoms with Crippen molar-refractivity contribution in [3.63, 3.8) is 0 Å². The van der Waals surface area contributed by atoms with Crippen LogP contribution in [-0.2, 0) is 28.6 Å². The molecule has 0 saturated heterocycles. The van der Waals surface area contributed by atoms with Gasteiger partial charge in [0.15, 0.2) is 6.10 Å². The van der Waals surface area contributed by atoms with E-state index in [1.165, 1.54) is 57.8 Å². The second-order valence-electron chi connectivity index (χ2n) is 18.1. The fourth-order valence-corrected chi connectivity index (χ4v) is 7.08. The van der Waals surface area contributed by atoms with Crippen molar-refractivity contribution in [3.8, 4) is 0 Å². The minimum atomic E-state index is -0.861. The van der Waals surface area contributed by atoms with Crippen molar-refractivity contribution in [3.05, 3.63) is 158 Å². The first kappa shape index (κ1) is 67.0. The summed E-state index contributed by atoms with van der Waals surface area (Å²) in [4.78, 5) is 38.1. The standard InChI is InChI=1S/C66H102O6/c1-4-7-10-13-16-19-22-25-28-31-33-35-38-41-44-47-50-53-56-59-65(68)71-62-63(61-70-64(67)58-55-52-49-46-43-40-37-30-27-24-21-18-15-12-9-6-3)72-66(69)60-57-54-51-48-45-42-39-36-34-32-29-26-23-20-17-14-11-8-5-2/h7-8,10-11,16-17,19-20,25-26,28-30,33-37,41-42,44-45,50-51,53-54,63H,4-6,9,12-15,18,21-24,27,31-32,38-40,43,46-49,52,55-62H2,1-3H3/b10-7-,11-8-,19-16-,20-17-,28-25-,29-26-,35-33-,36-34-,37-30-,44-41-,45-42-,53-50-,54-51-/t63-/m1/s1. The first-order valence-electron chi connectivity index (χ1n) is 28.5. The van der Waals surface area contributed by atoms with Gasteiger partial charge < -0.3 is 14.2 Å². The maximum Gasteiger partial charge on any atom is 0.306 e. The van der Waals surface area contributed by atoms with Crippen molar-refractivity contribution in [1.82, 2.24) is 0 Å². The molecular weight excluding hydrogens is 889 g/mol. The van der Waals surface area contributed by atoms with Crippen molar-refractivity contribution in [2.45, 2.75) is 226 Å². The molecule has 0 aliphatic heterocycles. The molecule has 0 fully saturated rings. The van der Waals surface area contributed by atoms with Crippen LogP contribution in [0.1, 0.15) is 220 Å². The Morgan fingerprint density at radius 1 is 0.292 bits per heavy atom. The average Bonchev–Trinajstić information content (AvgIpc) is 3.38. The first-order chi connectivity index (χ1) is 35.5. The monoisotopic (exact) mass is 991 g/mol. The van der Waals surface area contributed by atoms with Gasteiger partial charge in [0.1, 0.15) is 13.2 Å². The van der Waals surface area contributed by atoms with Crippen molar-refractivity contribution < 1.29 is 28.6 Å². The highest BCUT2D eigenvalue weighted by Crippen LogP contribution is 2.12. The average molecular weight is 992 g/mol. The number of carbonyl (C=O) groups excluding carboxylic acids is 3. The molecule has 0 N–H and O–H groups in total. The molecule has 0 saturated carbocycles. The zero-order chi connectivity index (χ0) is 52.2. The van der Waals surface area contributed by atoms with Crippen molar-refractivity contribution in [1.29, 1.82) is 0 Å². The maximum atomic E-state index is 12.8. The van der Waals surface area contributed by atoms with Gasteiger partial charge in [0, 0.05) is 19.3 Å². The molecule has 0 bridgehead atoms. The number of rotatable bonds is 49. The number of carbonyl (C=O) groups is 3. The summed E-state index contributed by atoms with van der Waals surface area (Å²) in [7, 11) is 0. The maximum absolute atomic E-state index is 12.8. The van der Waals surface area contributed by atoms with E-state index in [1.54, 1.807) is 0 Å². The quantitative estimate of drug-likeness (QED) is 0.0262. The van der Waals surface area contributed by atoms with Crippen LogP contribution in [0.15, 0.2) is 158 Å². The molecular formula is C66H102O6. The Hall–Kier alpha value is -4.97. The topological polar surface area (TPSA) is 78.9 Å². The van der Waals surface area contributed by atoms with Crippen LogP contribution < -0.4 is 0 Å². The van der Waals surface area contributed by atoms with E-state index in [9.17, 15) is 14.4 Å². The SMILES string of the molecule is CC/C=C\C/C=C\C/C=C\C/C=C\C/C=C\C/C=C\CCC(=O)OC[C@@H](COC(=O)CCCCCCC/C=C\CCCCCCCCC)OC(=O)CC/C=C\C/C=C\C/C=C\C/C=C\C/C=C\C/C=C\CC. The van der Waals surface area contributed by atoms with Crippen LogP contribution in [0.5, 0.6) is 0 Å². The van der Waals surface area contributed by atoms with Gasteiger partial charge in [0.25, 0.3) is 0 Å². The number of ether oxygens (including phenoxy) is 3. The normalized spacial score (nSPS) is 13.3. The lowest BCUT2D eigenvalue weighted by atomic mass is 10.1. The number of hydrogen-bond donors (Lipinski definition) is 0. The zero-order valence-corrected chi connectivity index (χ0v) is 45.9. The van der Waals surface area contributed by atoms with E-state index in [-0.39, 0.29) is 38.0 Å². The number of unbranched alkanes of at least 4 members (excludes halogenated alkanes) is 12. The van der Waals surface area contributed by atoms with E-state index < -0.39 is 12.1 Å². The molecule has 6 heteroatoms. The molecule has 0 unspecified atom stereocenters. The summed E-state index contributed by atoms with van der Waals surface area (Å²) in [5, 5.41) is 0. The summed E-state index contributed by atoms with van der Waals surface area (Å²) in [5.41, 5.74) is 0. The number of allylic oxidation sites excluding steroid dienone is 26. The lowest BCUT2D eigenvalue weighted by Gasteiger charge is -2.18. The van der Waals surface area contributed by atoms with Gasteiger partial charge in [-0.15, -0.1) is 0 Å². The van der Waals surface area contributed by atoms with Crippen LogP contribution in [0, 0.1) is 0 Å². The van der Waals surface area contributed by atoms with Crippen LogP contribution in [0.25, 0.3) is 0 Å². The Balaban J connectivity index is 4.66. The fraction of sp³-hybridized carbons (Fsp3) is 0.561. The summed E-state index contributed by atoms with van der Waals surface area (Å²) in [6, 6.07) is 0. The largest absolute Gasteiger partial charge is 0.462 e. The third-order valence-electron chi connectivity index (χ3n) is 11.3. The summed E-state index contributed by atoms with van der Waals surface area (Å²) < 4.78 is 16.7. The molecule has 0 heterocycles. The molecule has 0 spiro atoms. The second-order valence-corrected chi connectivity index (χ2v) is 18.1. The lowest BCUT2D eigenvalue weighted by Crippen LogP contribution is -2.30. The van der Waals surface area contributed by atoms with Gasteiger partial charge in [-0.05, 0) is 122 Å². The molecule has 1 atom stereocenters. The van der Waals surface area contributed by atoms with E-state index in [0.717, 1.165) is 109 Å². The summed E-state index contributed by atoms with van der Waals surface area (Å²) in [5.74, 6) is -1.13. The van der Waals surface area contributed by atoms with Crippen LogP contribution in [-0.4, -0.2) is 37.2 Å². The third-order valence-corrected chi connectivity index (χ3v) is 11.3. The highest BCUT2D eigenvalue weighted by molar-refractivity contribution is 5.71. The summed E-state index contributed by atoms with van der Waals surface area (Å²) in [6.45, 7) is 6.26. The minimum absolute atomic E-state index is 0.143. The molecule has 0 rings (SSSR count). The van der Waals surface area contributed by atoms with Crippen LogP contribution in [0.3, 0.4) is 0 Å². The van der Waals surface area contributed by atoms with Gasteiger partial charge in [0.2, 0.25) is 0 Å². The molecule has 6 nitrogen and oxygen atoms in total. The van der Waals surface area contributed by atoms with Gasteiger partial charge >= 0.3 is 17.9 Å². The van der Waals surface area contributed by atoms with E-state index in [0.29, 0.717) is 19.3 Å². The third kappa shape index (κ3) is 56.0. The molecule has 0 radical (unpaired) electrons.